The van der Waals surface area contributed by atoms with Crippen LogP contribution in [0.4, 0.5) is 0 Å². The summed E-state index contributed by atoms with van der Waals surface area (Å²) in [6.07, 6.45) is 1.54. The van der Waals surface area contributed by atoms with Crippen LogP contribution in [0.1, 0.15) is 12.5 Å². The van der Waals surface area contributed by atoms with Crippen molar-refractivity contribution in [3.8, 4) is 0 Å². The molecule has 0 aliphatic carbocycles. The number of hydrogen-bond donors (Lipinski definition) is 0. The molecule has 2 atom stereocenters. The van der Waals surface area contributed by atoms with Crippen molar-refractivity contribution in [1.29, 1.82) is 0 Å². The van der Waals surface area contributed by atoms with E-state index in [2.05, 4.69) is 20.9 Å². The maximum Gasteiger partial charge on any atom is 0.333 e. The minimum absolute atomic E-state index is 0.478. The second-order valence-electron chi connectivity index (χ2n) is 7.44. The van der Waals surface area contributed by atoms with E-state index < -0.39 is 24.8 Å². The number of hydrogen-bond acceptors (Lipinski definition) is 4. The summed E-state index contributed by atoms with van der Waals surface area (Å²) in [6.45, 7) is 1.89. The summed E-state index contributed by atoms with van der Waals surface area (Å²) in [5.41, 5.74) is -0.222. The van der Waals surface area contributed by atoms with Gasteiger partial charge < -0.3 is 4.74 Å². The van der Waals surface area contributed by atoms with Crippen molar-refractivity contribution in [3.63, 3.8) is 0 Å². The van der Waals surface area contributed by atoms with Gasteiger partial charge in [-0.15, -0.1) is 0 Å². The van der Waals surface area contributed by atoms with Crippen LogP contribution >= 0.6 is 23.2 Å². The summed E-state index contributed by atoms with van der Waals surface area (Å²) < 4.78 is 22.7. The summed E-state index contributed by atoms with van der Waals surface area (Å²) in [6, 6.07) is 25.5. The Hall–Kier alpha value is -2.69. The highest BCUT2D eigenvalue weighted by Gasteiger charge is 2.55. The zero-order chi connectivity index (χ0) is 22.1. The molecule has 0 saturated carbocycles. The third-order valence-corrected chi connectivity index (χ3v) is 9.30. The number of rotatable bonds is 5. The van der Waals surface area contributed by atoms with Crippen molar-refractivity contribution >= 4 is 46.1 Å². The first-order chi connectivity index (χ1) is 14.9. The van der Waals surface area contributed by atoms with Crippen LogP contribution < -0.4 is 10.6 Å². The number of methoxy groups -OCH3 is 1. The molecule has 0 unspecified atom stereocenters. The molecule has 5 nitrogen and oxygen atoms in total. The van der Waals surface area contributed by atoms with Crippen LogP contribution in [0.5, 0.6) is 0 Å². The molecule has 0 bridgehead atoms. The molecule has 1 aliphatic heterocycles. The van der Waals surface area contributed by atoms with Gasteiger partial charge in [0, 0.05) is 15.1 Å². The standard InChI is InChI=1S/C24H22BrN2O3P/c1-24(18-10-9-11-19(25)16-18)22(23(28)30-2)26-17-27(24)31(29,20-12-5-3-6-13-20)21-14-7-4-8-15-21/h3-17,22H,1-2H3/t22-,24+/m0/s1. The molecule has 0 fully saturated rings. The van der Waals surface area contributed by atoms with Crippen LogP contribution in [0.2, 0.25) is 0 Å². The summed E-state index contributed by atoms with van der Waals surface area (Å²) in [7, 11) is -2.06. The quantitative estimate of drug-likeness (QED) is 0.386. The fourth-order valence-electron chi connectivity index (χ4n) is 4.04. The van der Waals surface area contributed by atoms with Crippen molar-refractivity contribution in [2.45, 2.75) is 18.5 Å². The molecule has 31 heavy (non-hydrogen) atoms. The molecule has 1 aliphatic rings. The zero-order valence-electron chi connectivity index (χ0n) is 17.2. The van der Waals surface area contributed by atoms with Gasteiger partial charge in [-0.1, -0.05) is 64.5 Å². The Balaban J connectivity index is 1.99. The number of benzene rings is 3. The van der Waals surface area contributed by atoms with Gasteiger partial charge in [-0.05, 0) is 48.9 Å². The minimum Gasteiger partial charge on any atom is -0.467 e. The maximum absolute atomic E-state index is 15.0. The molecule has 7 heteroatoms. The van der Waals surface area contributed by atoms with Crippen molar-refractivity contribution < 1.29 is 14.1 Å². The van der Waals surface area contributed by atoms with Crippen molar-refractivity contribution in [3.05, 3.63) is 95.0 Å². The van der Waals surface area contributed by atoms with Gasteiger partial charge in [0.25, 0.3) is 0 Å². The largest absolute Gasteiger partial charge is 0.467 e. The number of carbonyl (C=O) groups excluding carboxylic acids is 1. The lowest BCUT2D eigenvalue weighted by Crippen LogP contribution is -2.50. The maximum atomic E-state index is 15.0. The van der Waals surface area contributed by atoms with Crippen molar-refractivity contribution in [1.82, 2.24) is 4.67 Å². The van der Waals surface area contributed by atoms with E-state index in [9.17, 15) is 4.79 Å². The first kappa shape index (κ1) is 21.5. The van der Waals surface area contributed by atoms with Crippen molar-refractivity contribution in [2.24, 2.45) is 4.99 Å². The molecule has 1 heterocycles. The van der Waals surface area contributed by atoms with Crippen LogP contribution in [-0.4, -0.2) is 30.1 Å². The molecule has 0 aromatic heterocycles. The molecule has 0 spiro atoms. The van der Waals surface area contributed by atoms with E-state index in [1.165, 1.54) is 7.11 Å². The first-order valence-electron chi connectivity index (χ1n) is 9.80. The summed E-state index contributed by atoms with van der Waals surface area (Å²) in [5.74, 6) is -0.478. The molecular weight excluding hydrogens is 475 g/mol. The number of aliphatic imine (C=N–C) groups is 1. The molecule has 4 rings (SSSR count). The van der Waals surface area contributed by atoms with E-state index >= 15 is 4.57 Å². The second-order valence-corrected chi connectivity index (χ2v) is 11.0. The van der Waals surface area contributed by atoms with Gasteiger partial charge in [0.1, 0.15) is 5.54 Å². The minimum atomic E-state index is -3.40. The van der Waals surface area contributed by atoms with Gasteiger partial charge in [0.05, 0.1) is 13.4 Å². The monoisotopic (exact) mass is 496 g/mol. The highest BCUT2D eigenvalue weighted by Crippen LogP contribution is 2.56. The predicted octanol–water partition coefficient (Wildman–Crippen LogP) is 4.48. The zero-order valence-corrected chi connectivity index (χ0v) is 19.7. The Morgan fingerprint density at radius 3 is 2.10 bits per heavy atom. The van der Waals surface area contributed by atoms with Crippen LogP contribution in [0.15, 0.2) is 94.4 Å². The van der Waals surface area contributed by atoms with E-state index in [1.807, 2.05) is 91.9 Å². The molecule has 158 valence electrons. The van der Waals surface area contributed by atoms with Crippen molar-refractivity contribution in [2.75, 3.05) is 7.11 Å². The fourth-order valence-corrected chi connectivity index (χ4v) is 7.40. The molecular formula is C24H22BrN2O3P. The normalized spacial score (nSPS) is 20.6. The summed E-state index contributed by atoms with van der Waals surface area (Å²) in [4.78, 5) is 17.3. The smallest absolute Gasteiger partial charge is 0.333 e. The van der Waals surface area contributed by atoms with E-state index in [0.717, 1.165) is 10.0 Å². The number of esters is 1. The Bertz CT molecular complexity index is 1130. The van der Waals surface area contributed by atoms with Gasteiger partial charge in [-0.3, -0.25) is 14.2 Å². The van der Waals surface area contributed by atoms with E-state index in [4.69, 9.17) is 4.74 Å². The average Bonchev–Trinajstić information content (AvgIpc) is 3.18. The molecule has 0 amide bonds. The fraction of sp³-hybridized carbons (Fsp3) is 0.167. The number of carbonyl (C=O) groups is 1. The molecule has 3 aromatic carbocycles. The lowest BCUT2D eigenvalue weighted by Gasteiger charge is -2.43. The topological polar surface area (TPSA) is 59.0 Å². The lowest BCUT2D eigenvalue weighted by atomic mass is 9.85. The SMILES string of the molecule is COC(=O)[C@@H]1N=CN(P(=O)(c2ccccc2)c2ccccc2)[C@]1(C)c1cccc(Br)c1. The van der Waals surface area contributed by atoms with E-state index in [1.54, 1.807) is 11.0 Å². The molecule has 0 radical (unpaired) electrons. The Kier molecular flexibility index (Phi) is 5.87. The number of ether oxygens (including phenoxy) is 1. The van der Waals surface area contributed by atoms with Gasteiger partial charge in [-0.2, -0.15) is 0 Å². The highest BCUT2D eigenvalue weighted by atomic mass is 79.9. The lowest BCUT2D eigenvalue weighted by molar-refractivity contribution is -0.144. The third-order valence-electron chi connectivity index (χ3n) is 5.68. The van der Waals surface area contributed by atoms with Crippen LogP contribution in [0.25, 0.3) is 0 Å². The molecule has 0 N–H and O–H groups in total. The Labute approximate surface area is 190 Å². The van der Waals surface area contributed by atoms with Crippen LogP contribution in [-0.2, 0) is 19.6 Å². The summed E-state index contributed by atoms with van der Waals surface area (Å²) >= 11 is 3.52. The first-order valence-corrected chi connectivity index (χ1v) is 12.3. The van der Waals surface area contributed by atoms with Crippen LogP contribution in [0.3, 0.4) is 0 Å². The summed E-state index contributed by atoms with van der Waals surface area (Å²) in [5, 5.41) is 1.33. The molecule has 3 aromatic rings. The Morgan fingerprint density at radius 1 is 1.00 bits per heavy atom. The second kappa shape index (κ2) is 8.45. The molecule has 0 saturated heterocycles. The highest BCUT2D eigenvalue weighted by molar-refractivity contribution is 9.10. The average molecular weight is 497 g/mol. The van der Waals surface area contributed by atoms with E-state index in [-0.39, 0.29) is 0 Å². The number of halogens is 1. The van der Waals surface area contributed by atoms with E-state index in [0.29, 0.717) is 10.6 Å². The number of nitrogens with zero attached hydrogens (tertiary/aromatic N) is 2. The van der Waals surface area contributed by atoms with Gasteiger partial charge in [-0.25, -0.2) is 4.79 Å². The van der Waals surface area contributed by atoms with Gasteiger partial charge in [0.2, 0.25) is 7.29 Å². The predicted molar refractivity (Wildman–Crippen MR) is 127 cm³/mol. The Morgan fingerprint density at radius 2 is 1.58 bits per heavy atom. The van der Waals surface area contributed by atoms with Gasteiger partial charge >= 0.3 is 5.97 Å². The van der Waals surface area contributed by atoms with Crippen LogP contribution in [0, 0.1) is 0 Å². The van der Waals surface area contributed by atoms with Gasteiger partial charge in [0.15, 0.2) is 6.04 Å². The third kappa shape index (κ3) is 3.54.